The lowest BCUT2D eigenvalue weighted by molar-refractivity contribution is -0.145. The highest BCUT2D eigenvalue weighted by atomic mass is 16.5. The molecule has 1 saturated carbocycles. The summed E-state index contributed by atoms with van der Waals surface area (Å²) in [5.41, 5.74) is 2.74. The predicted molar refractivity (Wildman–Crippen MR) is 173 cm³/mol. The Bertz CT molecular complexity index is 867. The Kier molecular flexibility index (Phi) is 17.6. The topological polar surface area (TPSA) is 44.8 Å². The van der Waals surface area contributed by atoms with Gasteiger partial charge in [0.2, 0.25) is 0 Å². The van der Waals surface area contributed by atoms with Crippen molar-refractivity contribution in [3.05, 3.63) is 71.8 Å². The first-order chi connectivity index (χ1) is 20.7. The number of hydrogen-bond donors (Lipinski definition) is 0. The minimum Gasteiger partial charge on any atom is -0.466 e. The van der Waals surface area contributed by atoms with Crippen molar-refractivity contribution < 1.29 is 19.0 Å². The Morgan fingerprint density at radius 3 is 1.45 bits per heavy atom. The summed E-state index contributed by atoms with van der Waals surface area (Å²) in [5.74, 6) is 0.214. The van der Waals surface area contributed by atoms with Crippen LogP contribution in [0, 0.1) is 11.3 Å². The van der Waals surface area contributed by atoms with E-state index >= 15 is 0 Å². The standard InChI is InChI=1S/C38H58O4/c1-2-42-37(39)36-31-38(36,27-19-9-5-3-7-11-21-29-40-32-34-23-15-13-16-24-34)28-20-10-6-4-8-12-22-30-41-33-35-25-17-14-18-26-35/h13-18,23-26,36H,2-12,19-22,27-33H2,1H3. The fourth-order valence-corrected chi connectivity index (χ4v) is 6.26. The summed E-state index contributed by atoms with van der Waals surface area (Å²) in [7, 11) is 0. The van der Waals surface area contributed by atoms with Gasteiger partial charge in [0.25, 0.3) is 0 Å². The van der Waals surface area contributed by atoms with Gasteiger partial charge in [-0.25, -0.2) is 0 Å². The second kappa shape index (κ2) is 21.5. The SMILES string of the molecule is CCOC(=O)C1CC1(CCCCCCCCCOCc1ccccc1)CCCCCCCCCOCc1ccccc1. The molecule has 1 atom stereocenters. The first kappa shape index (κ1) is 34.3. The lowest BCUT2D eigenvalue weighted by atomic mass is 9.89. The molecule has 2 aromatic carbocycles. The van der Waals surface area contributed by atoms with E-state index in [9.17, 15) is 4.79 Å². The van der Waals surface area contributed by atoms with Crippen LogP contribution >= 0.6 is 0 Å². The molecule has 0 aliphatic heterocycles. The summed E-state index contributed by atoms with van der Waals surface area (Å²) >= 11 is 0. The molecule has 0 amide bonds. The van der Waals surface area contributed by atoms with Gasteiger partial charge in [0.05, 0.1) is 25.7 Å². The van der Waals surface area contributed by atoms with Gasteiger partial charge >= 0.3 is 5.97 Å². The molecule has 0 spiro atoms. The number of carbonyl (C=O) groups is 1. The Labute approximate surface area is 256 Å². The molecule has 2 aromatic rings. The van der Waals surface area contributed by atoms with E-state index in [0.717, 1.165) is 45.7 Å². The van der Waals surface area contributed by atoms with Crippen LogP contribution in [0.15, 0.2) is 60.7 Å². The summed E-state index contributed by atoms with van der Waals surface area (Å²) in [5, 5.41) is 0. The Morgan fingerprint density at radius 2 is 1.02 bits per heavy atom. The maximum atomic E-state index is 12.5. The van der Waals surface area contributed by atoms with Gasteiger partial charge < -0.3 is 14.2 Å². The number of benzene rings is 2. The molecule has 4 nitrogen and oxygen atoms in total. The molecule has 0 radical (unpaired) electrons. The highest BCUT2D eigenvalue weighted by Crippen LogP contribution is 2.60. The minimum absolute atomic E-state index is 0.0569. The first-order valence-electron chi connectivity index (χ1n) is 17.1. The van der Waals surface area contributed by atoms with Crippen molar-refractivity contribution in [2.75, 3.05) is 19.8 Å². The van der Waals surface area contributed by atoms with Gasteiger partial charge in [-0.2, -0.15) is 0 Å². The molecule has 0 saturated heterocycles. The van der Waals surface area contributed by atoms with E-state index in [1.807, 2.05) is 19.1 Å². The molecule has 0 N–H and O–H groups in total. The number of hydrogen-bond acceptors (Lipinski definition) is 4. The van der Waals surface area contributed by atoms with Crippen LogP contribution in [0.1, 0.15) is 127 Å². The van der Waals surface area contributed by atoms with E-state index in [1.165, 1.54) is 101 Å². The molecule has 234 valence electrons. The molecule has 0 bridgehead atoms. The van der Waals surface area contributed by atoms with Crippen LogP contribution in [0.3, 0.4) is 0 Å². The van der Waals surface area contributed by atoms with Gasteiger partial charge in [-0.05, 0) is 55.6 Å². The molecule has 0 heterocycles. The van der Waals surface area contributed by atoms with Crippen molar-refractivity contribution in [1.82, 2.24) is 0 Å². The second-order valence-electron chi connectivity index (χ2n) is 12.4. The third kappa shape index (κ3) is 14.3. The summed E-state index contributed by atoms with van der Waals surface area (Å²) in [6.07, 6.45) is 21.2. The molecule has 1 aliphatic carbocycles. The van der Waals surface area contributed by atoms with E-state index in [4.69, 9.17) is 14.2 Å². The predicted octanol–water partition coefficient (Wildman–Crippen LogP) is 10.2. The monoisotopic (exact) mass is 578 g/mol. The van der Waals surface area contributed by atoms with E-state index in [0.29, 0.717) is 6.61 Å². The highest BCUT2D eigenvalue weighted by molar-refractivity contribution is 5.76. The van der Waals surface area contributed by atoms with Crippen LogP contribution in [-0.4, -0.2) is 25.8 Å². The quantitative estimate of drug-likeness (QED) is 0.0823. The third-order valence-corrected chi connectivity index (χ3v) is 8.91. The molecule has 0 aromatic heterocycles. The number of unbranched alkanes of at least 4 members (excludes halogenated alkanes) is 12. The van der Waals surface area contributed by atoms with Gasteiger partial charge in [-0.3, -0.25) is 4.79 Å². The molecule has 1 aliphatic rings. The summed E-state index contributed by atoms with van der Waals surface area (Å²) in [4.78, 5) is 12.5. The summed E-state index contributed by atoms with van der Waals surface area (Å²) < 4.78 is 17.0. The Morgan fingerprint density at radius 1 is 0.619 bits per heavy atom. The second-order valence-corrected chi connectivity index (χ2v) is 12.4. The fraction of sp³-hybridized carbons (Fsp3) is 0.658. The molecule has 1 fully saturated rings. The zero-order valence-electron chi connectivity index (χ0n) is 26.5. The molecular formula is C38H58O4. The zero-order chi connectivity index (χ0) is 29.6. The van der Waals surface area contributed by atoms with Crippen molar-refractivity contribution in [3.63, 3.8) is 0 Å². The molecule has 4 heteroatoms. The number of esters is 1. The number of rotatable bonds is 26. The number of ether oxygens (including phenoxy) is 3. The van der Waals surface area contributed by atoms with E-state index in [-0.39, 0.29) is 17.3 Å². The van der Waals surface area contributed by atoms with E-state index < -0.39 is 0 Å². The fourth-order valence-electron chi connectivity index (χ4n) is 6.26. The van der Waals surface area contributed by atoms with Crippen LogP contribution in [0.4, 0.5) is 0 Å². The Balaban J connectivity index is 1.16. The largest absolute Gasteiger partial charge is 0.466 e. The van der Waals surface area contributed by atoms with Crippen LogP contribution < -0.4 is 0 Å². The van der Waals surface area contributed by atoms with Crippen molar-refractivity contribution in [2.45, 2.75) is 129 Å². The highest BCUT2D eigenvalue weighted by Gasteiger charge is 2.57. The summed E-state index contributed by atoms with van der Waals surface area (Å²) in [6, 6.07) is 20.8. The summed E-state index contributed by atoms with van der Waals surface area (Å²) in [6.45, 7) is 5.59. The molecule has 1 unspecified atom stereocenters. The van der Waals surface area contributed by atoms with Gasteiger partial charge in [-0.15, -0.1) is 0 Å². The van der Waals surface area contributed by atoms with E-state index in [2.05, 4.69) is 48.5 Å². The van der Waals surface area contributed by atoms with Crippen LogP contribution in [0.25, 0.3) is 0 Å². The van der Waals surface area contributed by atoms with E-state index in [1.54, 1.807) is 0 Å². The lowest BCUT2D eigenvalue weighted by Crippen LogP contribution is -2.14. The van der Waals surface area contributed by atoms with Crippen LogP contribution in [-0.2, 0) is 32.2 Å². The average Bonchev–Trinajstić information content (AvgIpc) is 3.74. The van der Waals surface area contributed by atoms with Crippen molar-refractivity contribution in [2.24, 2.45) is 11.3 Å². The molecular weight excluding hydrogens is 520 g/mol. The van der Waals surface area contributed by atoms with Crippen LogP contribution in [0.2, 0.25) is 0 Å². The Hall–Kier alpha value is -2.17. The smallest absolute Gasteiger partial charge is 0.309 e. The zero-order valence-corrected chi connectivity index (χ0v) is 26.5. The maximum absolute atomic E-state index is 12.5. The third-order valence-electron chi connectivity index (χ3n) is 8.91. The number of carbonyl (C=O) groups excluding carboxylic acids is 1. The van der Waals surface area contributed by atoms with Gasteiger partial charge in [0, 0.05) is 13.2 Å². The van der Waals surface area contributed by atoms with Crippen molar-refractivity contribution >= 4 is 5.97 Å². The van der Waals surface area contributed by atoms with Gasteiger partial charge in [-0.1, -0.05) is 138 Å². The van der Waals surface area contributed by atoms with Gasteiger partial charge in [0.15, 0.2) is 0 Å². The molecule has 42 heavy (non-hydrogen) atoms. The first-order valence-corrected chi connectivity index (χ1v) is 17.1. The van der Waals surface area contributed by atoms with Crippen molar-refractivity contribution in [3.8, 4) is 0 Å². The van der Waals surface area contributed by atoms with Gasteiger partial charge in [0.1, 0.15) is 0 Å². The maximum Gasteiger partial charge on any atom is 0.309 e. The lowest BCUT2D eigenvalue weighted by Gasteiger charge is -2.17. The van der Waals surface area contributed by atoms with Crippen molar-refractivity contribution in [1.29, 1.82) is 0 Å². The molecule has 3 rings (SSSR count). The average molecular weight is 579 g/mol. The van der Waals surface area contributed by atoms with Crippen LogP contribution in [0.5, 0.6) is 0 Å². The normalized spacial score (nSPS) is 15.5. The minimum atomic E-state index is 0.0569.